The van der Waals surface area contributed by atoms with Gasteiger partial charge in [-0.3, -0.25) is 0 Å². The monoisotopic (exact) mass is 239 g/mol. The zero-order valence-corrected chi connectivity index (χ0v) is 10.3. The van der Waals surface area contributed by atoms with E-state index in [1.54, 1.807) is 0 Å². The van der Waals surface area contributed by atoms with Gasteiger partial charge in [-0.05, 0) is 25.1 Å². The summed E-state index contributed by atoms with van der Waals surface area (Å²) in [6.07, 6.45) is 1.53. The molecule has 2 aromatic heterocycles. The Hall–Kier alpha value is -2.36. The lowest BCUT2D eigenvalue weighted by molar-refractivity contribution is 0.628. The summed E-state index contributed by atoms with van der Waals surface area (Å²) in [5.74, 6) is 1.53. The van der Waals surface area contributed by atoms with Crippen molar-refractivity contribution in [3.8, 4) is 11.5 Å². The van der Waals surface area contributed by atoms with Gasteiger partial charge < -0.3 is 9.73 Å². The van der Waals surface area contributed by atoms with Crippen molar-refractivity contribution in [2.45, 2.75) is 6.92 Å². The predicted molar refractivity (Wildman–Crippen MR) is 71.5 cm³/mol. The standard InChI is InChI=1S/C14H13N3O/c1-9-3-4-12-10(5-9)6-13(18-12)11-7-14(15-2)17-8-16-11/h3-8H,1-2H3,(H,15,16,17). The number of nitrogens with one attached hydrogen (secondary N) is 1. The minimum atomic E-state index is 0.759. The van der Waals surface area contributed by atoms with Crippen molar-refractivity contribution in [2.75, 3.05) is 12.4 Å². The molecule has 0 saturated heterocycles. The average Bonchev–Trinajstić information content (AvgIpc) is 2.81. The second-order valence-corrected chi connectivity index (χ2v) is 4.19. The van der Waals surface area contributed by atoms with Crippen LogP contribution in [0.1, 0.15) is 5.56 Å². The largest absolute Gasteiger partial charge is 0.454 e. The van der Waals surface area contributed by atoms with Crippen LogP contribution in [0.3, 0.4) is 0 Å². The number of nitrogens with zero attached hydrogens (tertiary/aromatic N) is 2. The Morgan fingerprint density at radius 1 is 1.11 bits per heavy atom. The first-order valence-corrected chi connectivity index (χ1v) is 5.76. The number of fused-ring (bicyclic) bond motifs is 1. The highest BCUT2D eigenvalue weighted by atomic mass is 16.3. The minimum Gasteiger partial charge on any atom is -0.454 e. The van der Waals surface area contributed by atoms with Crippen LogP contribution in [0.4, 0.5) is 5.82 Å². The van der Waals surface area contributed by atoms with Crippen molar-refractivity contribution in [3.63, 3.8) is 0 Å². The summed E-state index contributed by atoms with van der Waals surface area (Å²) < 4.78 is 5.79. The Bertz CT molecular complexity index is 703. The van der Waals surface area contributed by atoms with Gasteiger partial charge >= 0.3 is 0 Å². The van der Waals surface area contributed by atoms with Crippen LogP contribution in [0.2, 0.25) is 0 Å². The molecular weight excluding hydrogens is 226 g/mol. The molecule has 18 heavy (non-hydrogen) atoms. The van der Waals surface area contributed by atoms with Crippen molar-refractivity contribution < 1.29 is 4.42 Å². The molecule has 90 valence electrons. The molecule has 4 nitrogen and oxygen atoms in total. The maximum Gasteiger partial charge on any atom is 0.153 e. The van der Waals surface area contributed by atoms with Gasteiger partial charge in [0.2, 0.25) is 0 Å². The zero-order chi connectivity index (χ0) is 12.5. The van der Waals surface area contributed by atoms with Crippen molar-refractivity contribution in [3.05, 3.63) is 42.2 Å². The van der Waals surface area contributed by atoms with Gasteiger partial charge in [-0.2, -0.15) is 0 Å². The molecule has 0 bridgehead atoms. The number of anilines is 1. The lowest BCUT2D eigenvalue weighted by Crippen LogP contribution is -1.93. The highest BCUT2D eigenvalue weighted by molar-refractivity contribution is 5.83. The maximum atomic E-state index is 5.79. The first-order valence-electron chi connectivity index (χ1n) is 5.76. The highest BCUT2D eigenvalue weighted by Gasteiger charge is 2.08. The molecule has 2 heterocycles. The van der Waals surface area contributed by atoms with Gasteiger partial charge in [0.15, 0.2) is 5.76 Å². The zero-order valence-electron chi connectivity index (χ0n) is 10.3. The number of aromatic nitrogens is 2. The summed E-state index contributed by atoms with van der Waals surface area (Å²) in [5.41, 5.74) is 2.87. The Morgan fingerprint density at radius 2 is 2.00 bits per heavy atom. The van der Waals surface area contributed by atoms with E-state index >= 15 is 0 Å². The van der Waals surface area contributed by atoms with Gasteiger partial charge in [0.1, 0.15) is 23.4 Å². The van der Waals surface area contributed by atoms with Gasteiger partial charge in [0, 0.05) is 18.5 Å². The summed E-state index contributed by atoms with van der Waals surface area (Å²) in [4.78, 5) is 8.32. The fraction of sp³-hybridized carbons (Fsp3) is 0.143. The minimum absolute atomic E-state index is 0.759. The van der Waals surface area contributed by atoms with Crippen LogP contribution < -0.4 is 5.32 Å². The summed E-state index contributed by atoms with van der Waals surface area (Å²) in [6.45, 7) is 2.07. The number of furan rings is 1. The second kappa shape index (κ2) is 4.14. The quantitative estimate of drug-likeness (QED) is 0.745. The maximum absolute atomic E-state index is 5.79. The molecule has 0 spiro atoms. The van der Waals surface area contributed by atoms with E-state index in [2.05, 4.69) is 28.3 Å². The fourth-order valence-corrected chi connectivity index (χ4v) is 1.92. The smallest absolute Gasteiger partial charge is 0.153 e. The van der Waals surface area contributed by atoms with Gasteiger partial charge in [0.25, 0.3) is 0 Å². The van der Waals surface area contributed by atoms with Crippen LogP contribution in [-0.2, 0) is 0 Å². The molecule has 0 aliphatic heterocycles. The van der Waals surface area contributed by atoms with Crippen LogP contribution in [0.25, 0.3) is 22.4 Å². The molecule has 1 aromatic carbocycles. The van der Waals surface area contributed by atoms with Gasteiger partial charge in [-0.25, -0.2) is 9.97 Å². The second-order valence-electron chi connectivity index (χ2n) is 4.19. The molecule has 0 saturated carbocycles. The molecular formula is C14H13N3O. The third kappa shape index (κ3) is 1.82. The summed E-state index contributed by atoms with van der Waals surface area (Å²) in [7, 11) is 1.83. The number of hydrogen-bond donors (Lipinski definition) is 1. The van der Waals surface area contributed by atoms with E-state index in [0.29, 0.717) is 0 Å². The van der Waals surface area contributed by atoms with E-state index in [9.17, 15) is 0 Å². The number of hydrogen-bond acceptors (Lipinski definition) is 4. The Labute approximate surface area is 105 Å². The van der Waals surface area contributed by atoms with E-state index in [1.807, 2.05) is 31.3 Å². The van der Waals surface area contributed by atoms with Crippen molar-refractivity contribution in [1.82, 2.24) is 9.97 Å². The van der Waals surface area contributed by atoms with Crippen LogP contribution in [-0.4, -0.2) is 17.0 Å². The van der Waals surface area contributed by atoms with E-state index in [1.165, 1.54) is 11.9 Å². The Morgan fingerprint density at radius 3 is 2.83 bits per heavy atom. The van der Waals surface area contributed by atoms with Crippen molar-refractivity contribution in [2.24, 2.45) is 0 Å². The number of aryl methyl sites for hydroxylation is 1. The normalized spacial score (nSPS) is 10.8. The van der Waals surface area contributed by atoms with E-state index in [4.69, 9.17) is 4.42 Å². The topological polar surface area (TPSA) is 51.0 Å². The van der Waals surface area contributed by atoms with Crippen LogP contribution >= 0.6 is 0 Å². The van der Waals surface area contributed by atoms with Gasteiger partial charge in [-0.15, -0.1) is 0 Å². The molecule has 0 radical (unpaired) electrons. The lowest BCUT2D eigenvalue weighted by Gasteiger charge is -1.99. The molecule has 0 atom stereocenters. The van der Waals surface area contributed by atoms with E-state index in [0.717, 1.165) is 28.2 Å². The van der Waals surface area contributed by atoms with Gasteiger partial charge in [-0.1, -0.05) is 11.6 Å². The molecule has 0 fully saturated rings. The van der Waals surface area contributed by atoms with E-state index < -0.39 is 0 Å². The number of rotatable bonds is 2. The third-order valence-electron chi connectivity index (χ3n) is 2.85. The molecule has 3 aromatic rings. The highest BCUT2D eigenvalue weighted by Crippen LogP contribution is 2.27. The average molecular weight is 239 g/mol. The molecule has 0 aliphatic carbocycles. The van der Waals surface area contributed by atoms with Crippen molar-refractivity contribution >= 4 is 16.8 Å². The molecule has 0 unspecified atom stereocenters. The molecule has 0 amide bonds. The Kier molecular flexibility index (Phi) is 2.48. The summed E-state index contributed by atoms with van der Waals surface area (Å²) in [5, 5.41) is 4.08. The van der Waals surface area contributed by atoms with Crippen LogP contribution in [0, 0.1) is 6.92 Å². The fourth-order valence-electron chi connectivity index (χ4n) is 1.92. The molecule has 3 rings (SSSR count). The lowest BCUT2D eigenvalue weighted by atomic mass is 10.2. The third-order valence-corrected chi connectivity index (χ3v) is 2.85. The summed E-state index contributed by atoms with van der Waals surface area (Å²) >= 11 is 0. The van der Waals surface area contributed by atoms with Crippen LogP contribution in [0.15, 0.2) is 41.1 Å². The van der Waals surface area contributed by atoms with Gasteiger partial charge in [0.05, 0.1) is 0 Å². The Balaban J connectivity index is 2.13. The predicted octanol–water partition coefficient (Wildman–Crippen LogP) is 3.24. The van der Waals surface area contributed by atoms with Crippen molar-refractivity contribution in [1.29, 1.82) is 0 Å². The van der Waals surface area contributed by atoms with Crippen LogP contribution in [0.5, 0.6) is 0 Å². The summed E-state index contributed by atoms with van der Waals surface area (Å²) in [6, 6.07) is 9.99. The molecule has 1 N–H and O–H groups in total. The SMILES string of the molecule is CNc1cc(-c2cc3cc(C)ccc3o2)ncn1. The molecule has 4 heteroatoms. The first-order chi connectivity index (χ1) is 8.76. The number of benzene rings is 1. The molecule has 0 aliphatic rings. The first kappa shape index (κ1) is 10.8. The van der Waals surface area contributed by atoms with E-state index in [-0.39, 0.29) is 0 Å².